The van der Waals surface area contributed by atoms with Gasteiger partial charge >= 0.3 is 0 Å². The van der Waals surface area contributed by atoms with E-state index in [9.17, 15) is 14.4 Å². The average molecular weight is 519 g/mol. The topological polar surface area (TPSA) is 119 Å². The van der Waals surface area contributed by atoms with Gasteiger partial charge in [0, 0.05) is 37.1 Å². The molecule has 1 aromatic heterocycles. The first-order valence-electron chi connectivity index (χ1n) is 12.1. The number of hydrazine groups is 1. The molecule has 1 aliphatic rings. The molecule has 1 saturated heterocycles. The number of piperidine rings is 1. The second kappa shape index (κ2) is 14.6. The molecule has 10 nitrogen and oxygen atoms in total. The van der Waals surface area contributed by atoms with Gasteiger partial charge in [-0.3, -0.25) is 25.2 Å². The van der Waals surface area contributed by atoms with Crippen LogP contribution in [-0.4, -0.2) is 80.8 Å². The summed E-state index contributed by atoms with van der Waals surface area (Å²) in [5, 5.41) is 2.55. The first-order chi connectivity index (χ1) is 17.5. The molecule has 3 rings (SSSR count). The summed E-state index contributed by atoms with van der Waals surface area (Å²) in [6.07, 6.45) is 2.43. The highest BCUT2D eigenvalue weighted by Crippen LogP contribution is 2.30. The van der Waals surface area contributed by atoms with Gasteiger partial charge in [-0.2, -0.15) is 0 Å². The molecule has 1 aliphatic heterocycles. The van der Waals surface area contributed by atoms with E-state index in [1.54, 1.807) is 29.5 Å². The van der Waals surface area contributed by atoms with E-state index in [0.717, 1.165) is 29.8 Å². The lowest BCUT2D eigenvalue weighted by Gasteiger charge is -2.31. The van der Waals surface area contributed by atoms with Crippen molar-refractivity contribution in [2.24, 2.45) is 0 Å². The summed E-state index contributed by atoms with van der Waals surface area (Å²) in [4.78, 5) is 43.4. The summed E-state index contributed by atoms with van der Waals surface area (Å²) >= 11 is 1.42. The Morgan fingerprint density at radius 2 is 1.67 bits per heavy atom. The Labute approximate surface area is 215 Å². The van der Waals surface area contributed by atoms with Crippen LogP contribution in [0.25, 0.3) is 0 Å². The Hall–Kier alpha value is -2.86. The molecule has 1 fully saturated rings. The van der Waals surface area contributed by atoms with Crippen molar-refractivity contribution in [3.05, 3.63) is 51.5 Å². The molecule has 11 heteroatoms. The standard InChI is InChI=1S/C25H34N4O6S/c1-3-18-4-6-19(7-5-18)23(31)27-28-24(32)21-17-36-25(26-21)20-8-10-29(11-9-20)22(30)16-35-15-14-34-13-12-33-2/h4-7,17,20H,3,8-16H2,1-2H3,(H,27,31)(H,28,32). The van der Waals surface area contributed by atoms with Crippen molar-refractivity contribution < 1.29 is 28.6 Å². The van der Waals surface area contributed by atoms with Crippen LogP contribution < -0.4 is 10.9 Å². The monoisotopic (exact) mass is 518 g/mol. The summed E-state index contributed by atoms with van der Waals surface area (Å²) in [6, 6.07) is 7.22. The van der Waals surface area contributed by atoms with E-state index < -0.39 is 5.91 Å². The van der Waals surface area contributed by atoms with Crippen molar-refractivity contribution in [1.82, 2.24) is 20.7 Å². The Morgan fingerprint density at radius 3 is 2.36 bits per heavy atom. The fraction of sp³-hybridized carbons (Fsp3) is 0.520. The maximum Gasteiger partial charge on any atom is 0.289 e. The van der Waals surface area contributed by atoms with Crippen molar-refractivity contribution in [3.63, 3.8) is 0 Å². The quantitative estimate of drug-likeness (QED) is 0.326. The number of nitrogens with one attached hydrogen (secondary N) is 2. The zero-order chi connectivity index (χ0) is 25.8. The molecule has 0 saturated carbocycles. The predicted octanol–water partition coefficient (Wildman–Crippen LogP) is 2.17. The number of likely N-dealkylation sites (tertiary alicyclic amines) is 1. The number of ether oxygens (including phenoxy) is 3. The summed E-state index contributed by atoms with van der Waals surface area (Å²) in [5.41, 5.74) is 6.72. The molecular weight excluding hydrogens is 484 g/mol. The number of thiazole rings is 1. The number of methoxy groups -OCH3 is 1. The Morgan fingerprint density at radius 1 is 1.00 bits per heavy atom. The number of benzene rings is 1. The molecule has 0 bridgehead atoms. The third-order valence-electron chi connectivity index (χ3n) is 5.89. The lowest BCUT2D eigenvalue weighted by molar-refractivity contribution is -0.137. The summed E-state index contributed by atoms with van der Waals surface area (Å²) < 4.78 is 15.6. The highest BCUT2D eigenvalue weighted by molar-refractivity contribution is 7.09. The minimum atomic E-state index is -0.466. The molecule has 196 valence electrons. The molecule has 0 spiro atoms. The van der Waals surface area contributed by atoms with E-state index in [2.05, 4.69) is 15.8 Å². The molecule has 0 radical (unpaired) electrons. The molecule has 1 aromatic carbocycles. The third-order valence-corrected chi connectivity index (χ3v) is 6.90. The van der Waals surface area contributed by atoms with E-state index in [0.29, 0.717) is 45.1 Å². The Bertz CT molecular complexity index is 989. The summed E-state index contributed by atoms with van der Waals surface area (Å²) in [7, 11) is 1.61. The van der Waals surface area contributed by atoms with E-state index in [1.807, 2.05) is 19.1 Å². The molecule has 0 atom stereocenters. The van der Waals surface area contributed by atoms with Crippen molar-refractivity contribution in [2.75, 3.05) is 53.2 Å². The van der Waals surface area contributed by atoms with Gasteiger partial charge in [0.1, 0.15) is 12.3 Å². The minimum absolute atomic E-state index is 0.0361. The van der Waals surface area contributed by atoms with Crippen LogP contribution in [0.1, 0.15) is 57.1 Å². The van der Waals surface area contributed by atoms with E-state index in [1.165, 1.54) is 11.3 Å². The number of carbonyl (C=O) groups excluding carboxylic acids is 3. The van der Waals surface area contributed by atoms with Gasteiger partial charge in [-0.15, -0.1) is 11.3 Å². The molecular formula is C25H34N4O6S. The van der Waals surface area contributed by atoms with Gasteiger partial charge in [0.2, 0.25) is 5.91 Å². The number of carbonyl (C=O) groups is 3. The molecule has 3 amide bonds. The van der Waals surface area contributed by atoms with Crippen molar-refractivity contribution in [3.8, 4) is 0 Å². The molecule has 2 N–H and O–H groups in total. The van der Waals surface area contributed by atoms with Gasteiger partial charge in [0.05, 0.1) is 31.4 Å². The third kappa shape index (κ3) is 8.37. The van der Waals surface area contributed by atoms with Crippen molar-refractivity contribution in [2.45, 2.75) is 32.1 Å². The molecule has 0 aliphatic carbocycles. The van der Waals surface area contributed by atoms with Crippen molar-refractivity contribution in [1.29, 1.82) is 0 Å². The number of rotatable bonds is 12. The van der Waals surface area contributed by atoms with E-state index in [4.69, 9.17) is 14.2 Å². The van der Waals surface area contributed by atoms with Crippen LogP contribution in [0.3, 0.4) is 0 Å². The summed E-state index contributed by atoms with van der Waals surface area (Å²) in [5.74, 6) is -0.708. The molecule has 36 heavy (non-hydrogen) atoms. The first-order valence-corrected chi connectivity index (χ1v) is 13.0. The smallest absolute Gasteiger partial charge is 0.289 e. The fourth-order valence-corrected chi connectivity index (χ4v) is 4.68. The van der Waals surface area contributed by atoms with Crippen molar-refractivity contribution >= 4 is 29.1 Å². The number of hydrogen-bond donors (Lipinski definition) is 2. The summed E-state index contributed by atoms with van der Waals surface area (Å²) in [6.45, 7) is 5.13. The minimum Gasteiger partial charge on any atom is -0.382 e. The van der Waals surface area contributed by atoms with Crippen LogP contribution in [0.15, 0.2) is 29.6 Å². The lowest BCUT2D eigenvalue weighted by Crippen LogP contribution is -2.41. The normalized spacial score (nSPS) is 14.0. The van der Waals surface area contributed by atoms with Gasteiger partial charge in [-0.25, -0.2) is 4.98 Å². The molecule has 0 unspecified atom stereocenters. The zero-order valence-corrected chi connectivity index (χ0v) is 21.6. The highest BCUT2D eigenvalue weighted by atomic mass is 32.1. The van der Waals surface area contributed by atoms with Crippen LogP contribution in [0.5, 0.6) is 0 Å². The first kappa shape index (κ1) is 27.7. The zero-order valence-electron chi connectivity index (χ0n) is 20.8. The number of aryl methyl sites for hydroxylation is 1. The number of amides is 3. The maximum atomic E-state index is 12.5. The lowest BCUT2D eigenvalue weighted by atomic mass is 9.97. The van der Waals surface area contributed by atoms with Crippen LogP contribution in [0, 0.1) is 0 Å². The number of hydrogen-bond acceptors (Lipinski definition) is 8. The van der Waals surface area contributed by atoms with Crippen LogP contribution >= 0.6 is 11.3 Å². The van der Waals surface area contributed by atoms with Crippen LogP contribution in [-0.2, 0) is 25.4 Å². The van der Waals surface area contributed by atoms with Crippen LogP contribution in [0.4, 0.5) is 0 Å². The fourth-order valence-electron chi connectivity index (χ4n) is 3.71. The van der Waals surface area contributed by atoms with Gasteiger partial charge in [-0.05, 0) is 37.0 Å². The van der Waals surface area contributed by atoms with Gasteiger partial charge in [0.15, 0.2) is 0 Å². The number of aromatic nitrogens is 1. The second-order valence-electron chi connectivity index (χ2n) is 8.34. The van der Waals surface area contributed by atoms with E-state index in [-0.39, 0.29) is 30.0 Å². The van der Waals surface area contributed by atoms with Gasteiger partial charge in [0.25, 0.3) is 11.8 Å². The second-order valence-corrected chi connectivity index (χ2v) is 9.23. The largest absolute Gasteiger partial charge is 0.382 e. The van der Waals surface area contributed by atoms with Crippen LogP contribution in [0.2, 0.25) is 0 Å². The maximum absolute atomic E-state index is 12.5. The molecule has 2 aromatic rings. The predicted molar refractivity (Wildman–Crippen MR) is 135 cm³/mol. The van der Waals surface area contributed by atoms with Gasteiger partial charge in [-0.1, -0.05) is 19.1 Å². The highest BCUT2D eigenvalue weighted by Gasteiger charge is 2.26. The SMILES string of the molecule is CCc1ccc(C(=O)NNC(=O)c2csc(C3CCN(C(=O)COCCOCCOC)CC3)n2)cc1. The molecule has 2 heterocycles. The Balaban J connectivity index is 1.37. The van der Waals surface area contributed by atoms with E-state index >= 15 is 0 Å². The average Bonchev–Trinajstić information content (AvgIpc) is 3.41. The number of nitrogens with zero attached hydrogens (tertiary/aromatic N) is 2. The van der Waals surface area contributed by atoms with Gasteiger partial charge < -0.3 is 19.1 Å². The Kier molecular flexibility index (Phi) is 11.3.